The van der Waals surface area contributed by atoms with Crippen LogP contribution in [0.3, 0.4) is 0 Å². The average molecular weight is 244 g/mol. The van der Waals surface area contributed by atoms with Gasteiger partial charge in [-0.2, -0.15) is 0 Å². The van der Waals surface area contributed by atoms with E-state index in [4.69, 9.17) is 10.5 Å². The van der Waals surface area contributed by atoms with Gasteiger partial charge in [0.1, 0.15) is 5.75 Å². The van der Waals surface area contributed by atoms with E-state index < -0.39 is 0 Å². The summed E-state index contributed by atoms with van der Waals surface area (Å²) in [5, 5.41) is 9.48. The van der Waals surface area contributed by atoms with Crippen molar-refractivity contribution in [1.82, 2.24) is 4.98 Å². The number of ether oxygens (including phenoxy) is 1. The Kier molecular flexibility index (Phi) is 3.48. The molecule has 0 atom stereocenters. The van der Waals surface area contributed by atoms with E-state index in [2.05, 4.69) is 4.98 Å². The van der Waals surface area contributed by atoms with Crippen molar-refractivity contribution >= 4 is 5.69 Å². The smallest absolute Gasteiger partial charge is 0.129 e. The van der Waals surface area contributed by atoms with Gasteiger partial charge in [0, 0.05) is 35.3 Å². The van der Waals surface area contributed by atoms with Gasteiger partial charge in [-0.15, -0.1) is 0 Å². The van der Waals surface area contributed by atoms with E-state index in [0.29, 0.717) is 11.4 Å². The van der Waals surface area contributed by atoms with Crippen molar-refractivity contribution in [1.29, 1.82) is 0 Å². The molecule has 0 fully saturated rings. The lowest BCUT2D eigenvalue weighted by Crippen LogP contribution is -1.99. The molecule has 0 aliphatic rings. The highest BCUT2D eigenvalue weighted by Gasteiger charge is 2.14. The molecule has 0 unspecified atom stereocenters. The second-order valence-electron chi connectivity index (χ2n) is 4.11. The molecule has 2 rings (SSSR count). The van der Waals surface area contributed by atoms with Crippen LogP contribution >= 0.6 is 0 Å². The van der Waals surface area contributed by atoms with Crippen molar-refractivity contribution in [2.45, 2.75) is 13.5 Å². The van der Waals surface area contributed by atoms with Gasteiger partial charge in [-0.05, 0) is 30.2 Å². The highest BCUT2D eigenvalue weighted by Crippen LogP contribution is 2.36. The van der Waals surface area contributed by atoms with Crippen molar-refractivity contribution in [3.05, 3.63) is 41.7 Å². The summed E-state index contributed by atoms with van der Waals surface area (Å²) >= 11 is 0. The van der Waals surface area contributed by atoms with Crippen LogP contribution in [0.25, 0.3) is 11.1 Å². The van der Waals surface area contributed by atoms with Crippen LogP contribution in [0.5, 0.6) is 5.75 Å². The third kappa shape index (κ3) is 2.15. The van der Waals surface area contributed by atoms with Crippen LogP contribution in [-0.2, 0) is 6.61 Å². The predicted molar refractivity (Wildman–Crippen MR) is 71.3 cm³/mol. The molecule has 1 aromatic heterocycles. The van der Waals surface area contributed by atoms with E-state index in [1.807, 2.05) is 13.0 Å². The second kappa shape index (κ2) is 5.06. The number of aliphatic hydroxyl groups excluding tert-OH is 1. The van der Waals surface area contributed by atoms with Gasteiger partial charge in [-0.25, -0.2) is 0 Å². The first-order valence-corrected chi connectivity index (χ1v) is 5.65. The number of hydrogen-bond donors (Lipinski definition) is 2. The third-order valence-corrected chi connectivity index (χ3v) is 2.90. The van der Waals surface area contributed by atoms with Crippen molar-refractivity contribution < 1.29 is 9.84 Å². The number of aromatic nitrogens is 1. The van der Waals surface area contributed by atoms with Crippen LogP contribution in [0.1, 0.15) is 11.1 Å². The Bertz CT molecular complexity index is 542. The van der Waals surface area contributed by atoms with E-state index in [1.54, 1.807) is 31.6 Å². The summed E-state index contributed by atoms with van der Waals surface area (Å²) in [6.07, 6.45) is 3.50. The summed E-state index contributed by atoms with van der Waals surface area (Å²) in [6.45, 7) is 1.90. The summed E-state index contributed by atoms with van der Waals surface area (Å²) in [5.41, 5.74) is 9.96. The molecule has 0 spiro atoms. The van der Waals surface area contributed by atoms with E-state index in [0.717, 1.165) is 22.3 Å². The zero-order valence-electron chi connectivity index (χ0n) is 10.5. The molecule has 0 aliphatic carbocycles. The number of nitrogens with two attached hydrogens (primary N) is 1. The van der Waals surface area contributed by atoms with Crippen molar-refractivity contribution in [3.63, 3.8) is 0 Å². The topological polar surface area (TPSA) is 68.4 Å². The SMILES string of the molecule is COc1cc(N)cc(CO)c1-c1cnccc1C. The number of aliphatic hydroxyl groups is 1. The molecule has 4 heteroatoms. The number of hydrogen-bond acceptors (Lipinski definition) is 4. The van der Waals surface area contributed by atoms with Crippen LogP contribution in [0.15, 0.2) is 30.6 Å². The van der Waals surface area contributed by atoms with Gasteiger partial charge in [0.2, 0.25) is 0 Å². The lowest BCUT2D eigenvalue weighted by Gasteiger charge is -2.15. The molecule has 4 nitrogen and oxygen atoms in total. The molecular weight excluding hydrogens is 228 g/mol. The summed E-state index contributed by atoms with van der Waals surface area (Å²) < 4.78 is 5.36. The van der Waals surface area contributed by atoms with Crippen LogP contribution in [0, 0.1) is 6.92 Å². The van der Waals surface area contributed by atoms with Crippen LogP contribution in [-0.4, -0.2) is 17.2 Å². The minimum absolute atomic E-state index is 0.0922. The normalized spacial score (nSPS) is 10.4. The molecule has 94 valence electrons. The van der Waals surface area contributed by atoms with Crippen LogP contribution in [0.4, 0.5) is 5.69 Å². The molecule has 0 saturated heterocycles. The number of benzene rings is 1. The second-order valence-corrected chi connectivity index (χ2v) is 4.11. The number of aryl methyl sites for hydroxylation is 1. The molecule has 3 N–H and O–H groups in total. The standard InChI is InChI=1S/C14H16N2O2/c1-9-3-4-16-7-12(9)14-10(8-17)5-11(15)6-13(14)18-2/h3-7,17H,8,15H2,1-2H3. The zero-order chi connectivity index (χ0) is 13.1. The monoisotopic (exact) mass is 244 g/mol. The van der Waals surface area contributed by atoms with Gasteiger partial charge in [0.05, 0.1) is 13.7 Å². The van der Waals surface area contributed by atoms with Crippen molar-refractivity contribution in [3.8, 4) is 16.9 Å². The van der Waals surface area contributed by atoms with E-state index in [-0.39, 0.29) is 6.61 Å². The highest BCUT2D eigenvalue weighted by molar-refractivity contribution is 5.78. The maximum absolute atomic E-state index is 9.48. The molecule has 0 radical (unpaired) electrons. The quantitative estimate of drug-likeness (QED) is 0.812. The zero-order valence-corrected chi connectivity index (χ0v) is 10.5. The lowest BCUT2D eigenvalue weighted by molar-refractivity contribution is 0.281. The lowest BCUT2D eigenvalue weighted by atomic mass is 9.96. The minimum Gasteiger partial charge on any atom is -0.496 e. The number of pyridine rings is 1. The Morgan fingerprint density at radius 2 is 2.17 bits per heavy atom. The number of nitrogen functional groups attached to an aromatic ring is 1. The molecule has 1 aromatic carbocycles. The molecular formula is C14H16N2O2. The number of nitrogens with zero attached hydrogens (tertiary/aromatic N) is 1. The van der Waals surface area contributed by atoms with Gasteiger partial charge < -0.3 is 15.6 Å². The van der Waals surface area contributed by atoms with Gasteiger partial charge in [-0.1, -0.05) is 0 Å². The maximum Gasteiger partial charge on any atom is 0.129 e. The summed E-state index contributed by atoms with van der Waals surface area (Å²) in [6, 6.07) is 5.43. The first-order valence-electron chi connectivity index (χ1n) is 5.65. The van der Waals surface area contributed by atoms with E-state index in [9.17, 15) is 5.11 Å². The fourth-order valence-electron chi connectivity index (χ4n) is 2.01. The molecule has 2 aromatic rings. The van der Waals surface area contributed by atoms with Crippen LogP contribution in [0.2, 0.25) is 0 Å². The average Bonchev–Trinajstić information content (AvgIpc) is 2.38. The first kappa shape index (κ1) is 12.4. The van der Waals surface area contributed by atoms with Gasteiger partial charge in [0.15, 0.2) is 0 Å². The van der Waals surface area contributed by atoms with Crippen LogP contribution < -0.4 is 10.5 Å². The minimum atomic E-state index is -0.0922. The molecule has 18 heavy (non-hydrogen) atoms. The first-order chi connectivity index (χ1) is 8.67. The molecule has 0 amide bonds. The summed E-state index contributed by atoms with van der Waals surface area (Å²) in [5.74, 6) is 0.648. The van der Waals surface area contributed by atoms with E-state index >= 15 is 0 Å². The predicted octanol–water partition coefficient (Wildman–Crippen LogP) is 2.14. The summed E-state index contributed by atoms with van der Waals surface area (Å²) in [4.78, 5) is 4.13. The maximum atomic E-state index is 9.48. The van der Waals surface area contributed by atoms with Gasteiger partial charge in [0.25, 0.3) is 0 Å². The Hall–Kier alpha value is -2.07. The Morgan fingerprint density at radius 1 is 1.39 bits per heavy atom. The molecule has 1 heterocycles. The Morgan fingerprint density at radius 3 is 2.78 bits per heavy atom. The number of anilines is 1. The Balaban J connectivity index is 2.73. The number of rotatable bonds is 3. The largest absolute Gasteiger partial charge is 0.496 e. The third-order valence-electron chi connectivity index (χ3n) is 2.90. The Labute approximate surface area is 106 Å². The highest BCUT2D eigenvalue weighted by atomic mass is 16.5. The fourth-order valence-corrected chi connectivity index (χ4v) is 2.01. The van der Waals surface area contributed by atoms with Crippen molar-refractivity contribution in [2.24, 2.45) is 0 Å². The number of methoxy groups -OCH3 is 1. The fraction of sp³-hybridized carbons (Fsp3) is 0.214. The van der Waals surface area contributed by atoms with Crippen molar-refractivity contribution in [2.75, 3.05) is 12.8 Å². The molecule has 0 saturated carbocycles. The van der Waals surface area contributed by atoms with Gasteiger partial charge in [-0.3, -0.25) is 4.98 Å². The van der Waals surface area contributed by atoms with Gasteiger partial charge >= 0.3 is 0 Å². The van der Waals surface area contributed by atoms with E-state index in [1.165, 1.54) is 0 Å². The summed E-state index contributed by atoms with van der Waals surface area (Å²) in [7, 11) is 1.59. The molecule has 0 aliphatic heterocycles. The molecule has 0 bridgehead atoms.